The van der Waals surface area contributed by atoms with Crippen LogP contribution in [0.3, 0.4) is 0 Å². The summed E-state index contributed by atoms with van der Waals surface area (Å²) in [5, 5.41) is 10.6. The molecule has 96 valence electrons. The Labute approximate surface area is 105 Å². The summed E-state index contributed by atoms with van der Waals surface area (Å²) in [6.45, 7) is 0. The first kappa shape index (κ1) is 11.7. The number of para-hydroxylation sites is 1. The van der Waals surface area contributed by atoms with Crippen LogP contribution in [-0.4, -0.2) is 11.2 Å². The van der Waals surface area contributed by atoms with Crippen molar-refractivity contribution in [3.63, 3.8) is 0 Å². The number of furan rings is 1. The molecule has 0 bridgehead atoms. The predicted octanol–water partition coefficient (Wildman–Crippen LogP) is 3.98. The minimum absolute atomic E-state index is 0.217. The molecule has 0 amide bonds. The van der Waals surface area contributed by atoms with Gasteiger partial charge in [0.05, 0.1) is 6.10 Å². The molecular formula is C15H17FO2. The van der Waals surface area contributed by atoms with Gasteiger partial charge in [0.15, 0.2) is 11.4 Å². The number of halogens is 1. The van der Waals surface area contributed by atoms with Crippen LogP contribution in [0.25, 0.3) is 11.0 Å². The average molecular weight is 248 g/mol. The molecule has 1 saturated carbocycles. The van der Waals surface area contributed by atoms with E-state index in [2.05, 4.69) is 0 Å². The van der Waals surface area contributed by atoms with Gasteiger partial charge in [0.1, 0.15) is 5.76 Å². The molecule has 2 aromatic rings. The van der Waals surface area contributed by atoms with E-state index in [9.17, 15) is 9.50 Å². The highest BCUT2D eigenvalue weighted by molar-refractivity contribution is 5.78. The zero-order valence-corrected chi connectivity index (χ0v) is 10.2. The van der Waals surface area contributed by atoms with Gasteiger partial charge in [-0.3, -0.25) is 0 Å². The lowest BCUT2D eigenvalue weighted by atomic mass is 9.96. The van der Waals surface area contributed by atoms with E-state index in [-0.39, 0.29) is 17.8 Å². The molecule has 1 aliphatic carbocycles. The molecule has 2 unspecified atom stereocenters. The molecule has 2 atom stereocenters. The molecule has 2 nitrogen and oxygen atoms in total. The van der Waals surface area contributed by atoms with E-state index >= 15 is 0 Å². The quantitative estimate of drug-likeness (QED) is 0.774. The van der Waals surface area contributed by atoms with Crippen LogP contribution in [0.4, 0.5) is 4.39 Å². The topological polar surface area (TPSA) is 33.4 Å². The second kappa shape index (κ2) is 4.73. The zero-order valence-electron chi connectivity index (χ0n) is 10.2. The molecule has 1 fully saturated rings. The van der Waals surface area contributed by atoms with Gasteiger partial charge in [0, 0.05) is 11.3 Å². The lowest BCUT2D eigenvalue weighted by Crippen LogP contribution is -2.08. The molecule has 0 saturated heterocycles. The number of hydrogen-bond acceptors (Lipinski definition) is 2. The van der Waals surface area contributed by atoms with Crippen LogP contribution in [0.15, 0.2) is 28.7 Å². The minimum atomic E-state index is -0.312. The first-order valence-corrected chi connectivity index (χ1v) is 6.60. The van der Waals surface area contributed by atoms with E-state index in [1.807, 2.05) is 12.1 Å². The largest absolute Gasteiger partial charge is 0.458 e. The van der Waals surface area contributed by atoms with Gasteiger partial charge in [0.25, 0.3) is 0 Å². The monoisotopic (exact) mass is 248 g/mol. The summed E-state index contributed by atoms with van der Waals surface area (Å²) >= 11 is 0. The summed E-state index contributed by atoms with van der Waals surface area (Å²) in [5.41, 5.74) is 0.339. The van der Waals surface area contributed by atoms with Crippen molar-refractivity contribution in [2.45, 2.75) is 44.1 Å². The smallest absolute Gasteiger partial charge is 0.169 e. The van der Waals surface area contributed by atoms with Crippen molar-refractivity contribution in [2.24, 2.45) is 0 Å². The Morgan fingerprint density at radius 1 is 1.22 bits per heavy atom. The number of aliphatic hydroxyl groups excluding tert-OH is 1. The van der Waals surface area contributed by atoms with E-state index in [0.29, 0.717) is 5.58 Å². The van der Waals surface area contributed by atoms with Gasteiger partial charge < -0.3 is 9.52 Å². The number of hydrogen-bond donors (Lipinski definition) is 1. The lowest BCUT2D eigenvalue weighted by molar-refractivity contribution is 0.149. The maximum Gasteiger partial charge on any atom is 0.169 e. The second-order valence-electron chi connectivity index (χ2n) is 5.18. The fourth-order valence-corrected chi connectivity index (χ4v) is 2.84. The molecule has 3 rings (SSSR count). The molecular weight excluding hydrogens is 231 g/mol. The van der Waals surface area contributed by atoms with Gasteiger partial charge in [-0.1, -0.05) is 25.0 Å². The molecule has 1 aliphatic rings. The predicted molar refractivity (Wildman–Crippen MR) is 68.0 cm³/mol. The van der Waals surface area contributed by atoms with Crippen LogP contribution in [0, 0.1) is 5.82 Å². The molecule has 1 N–H and O–H groups in total. The van der Waals surface area contributed by atoms with Gasteiger partial charge >= 0.3 is 0 Å². The molecule has 1 aromatic heterocycles. The Morgan fingerprint density at radius 2 is 2.06 bits per heavy atom. The van der Waals surface area contributed by atoms with Crippen molar-refractivity contribution in [3.8, 4) is 0 Å². The molecule has 0 aliphatic heterocycles. The van der Waals surface area contributed by atoms with Crippen LogP contribution in [-0.2, 0) is 0 Å². The third-order valence-corrected chi connectivity index (χ3v) is 3.81. The van der Waals surface area contributed by atoms with Crippen molar-refractivity contribution in [3.05, 3.63) is 35.8 Å². The summed E-state index contributed by atoms with van der Waals surface area (Å²) in [5.74, 6) is 0.721. The van der Waals surface area contributed by atoms with Crippen molar-refractivity contribution >= 4 is 11.0 Å². The minimum Gasteiger partial charge on any atom is -0.458 e. The Kier molecular flexibility index (Phi) is 3.08. The highest BCUT2D eigenvalue weighted by Gasteiger charge is 2.23. The number of benzene rings is 1. The van der Waals surface area contributed by atoms with E-state index in [1.165, 1.54) is 6.07 Å². The van der Waals surface area contributed by atoms with Gasteiger partial charge in [-0.15, -0.1) is 0 Å². The second-order valence-corrected chi connectivity index (χ2v) is 5.18. The third kappa shape index (κ3) is 2.15. The normalized spacial score (nSPS) is 25.2. The fourth-order valence-electron chi connectivity index (χ4n) is 2.84. The van der Waals surface area contributed by atoms with Crippen LogP contribution in [0.1, 0.15) is 43.8 Å². The highest BCUT2D eigenvalue weighted by Crippen LogP contribution is 2.35. The van der Waals surface area contributed by atoms with Crippen LogP contribution < -0.4 is 0 Å². The standard InChI is InChI=1S/C15H17FO2/c16-13-7-3-5-11-9-14(18-15(11)13)10-4-1-2-6-12(17)8-10/h3,5,7,9-10,12,17H,1-2,4,6,8H2. The number of rotatable bonds is 1. The molecule has 3 heteroatoms. The summed E-state index contributed by atoms with van der Waals surface area (Å²) < 4.78 is 19.2. The van der Waals surface area contributed by atoms with Crippen LogP contribution in [0.2, 0.25) is 0 Å². The first-order chi connectivity index (χ1) is 8.74. The van der Waals surface area contributed by atoms with Gasteiger partial charge in [-0.25, -0.2) is 4.39 Å². The SMILES string of the molecule is OC1CCCCC(c2cc3cccc(F)c3o2)C1. The Bertz CT molecular complexity index is 546. The van der Waals surface area contributed by atoms with Gasteiger partial charge in [-0.05, 0) is 31.4 Å². The summed E-state index contributed by atoms with van der Waals surface area (Å²) in [7, 11) is 0. The summed E-state index contributed by atoms with van der Waals surface area (Å²) in [6, 6.07) is 6.89. The maximum atomic E-state index is 13.6. The molecule has 18 heavy (non-hydrogen) atoms. The molecule has 1 aromatic carbocycles. The van der Waals surface area contributed by atoms with Crippen LogP contribution >= 0.6 is 0 Å². The van der Waals surface area contributed by atoms with Crippen LogP contribution in [0.5, 0.6) is 0 Å². The van der Waals surface area contributed by atoms with Gasteiger partial charge in [0.2, 0.25) is 0 Å². The Morgan fingerprint density at radius 3 is 2.89 bits per heavy atom. The van der Waals surface area contributed by atoms with E-state index in [4.69, 9.17) is 4.42 Å². The highest BCUT2D eigenvalue weighted by atomic mass is 19.1. The van der Waals surface area contributed by atoms with Gasteiger partial charge in [-0.2, -0.15) is 0 Å². The summed E-state index contributed by atoms with van der Waals surface area (Å²) in [4.78, 5) is 0. The molecule has 0 spiro atoms. The molecule has 0 radical (unpaired) electrons. The number of fused-ring (bicyclic) bond motifs is 1. The Hall–Kier alpha value is -1.35. The zero-order chi connectivity index (χ0) is 12.5. The van der Waals surface area contributed by atoms with Crippen molar-refractivity contribution in [1.82, 2.24) is 0 Å². The van der Waals surface area contributed by atoms with Crippen molar-refractivity contribution in [2.75, 3.05) is 0 Å². The van der Waals surface area contributed by atoms with E-state index in [1.54, 1.807) is 6.07 Å². The van der Waals surface area contributed by atoms with E-state index in [0.717, 1.165) is 43.3 Å². The van der Waals surface area contributed by atoms with Crippen molar-refractivity contribution in [1.29, 1.82) is 0 Å². The number of aliphatic hydroxyl groups is 1. The van der Waals surface area contributed by atoms with Crippen molar-refractivity contribution < 1.29 is 13.9 Å². The average Bonchev–Trinajstić information content (AvgIpc) is 2.67. The van der Waals surface area contributed by atoms with E-state index < -0.39 is 0 Å². The maximum absolute atomic E-state index is 13.6. The first-order valence-electron chi connectivity index (χ1n) is 6.60. The Balaban J connectivity index is 1.95. The third-order valence-electron chi connectivity index (χ3n) is 3.81. The summed E-state index contributed by atoms with van der Waals surface area (Å²) in [6.07, 6.45) is 4.51. The lowest BCUT2D eigenvalue weighted by Gasteiger charge is -2.13. The molecule has 1 heterocycles. The fraction of sp³-hybridized carbons (Fsp3) is 0.467.